The van der Waals surface area contributed by atoms with E-state index in [1.165, 1.54) is 10.1 Å². The molecule has 3 nitrogen and oxygen atoms in total. The monoisotopic (exact) mass is 385 g/mol. The van der Waals surface area contributed by atoms with Crippen molar-refractivity contribution in [3.63, 3.8) is 0 Å². The summed E-state index contributed by atoms with van der Waals surface area (Å²) >= 11 is 8.26. The Kier molecular flexibility index (Phi) is 4.98. The van der Waals surface area contributed by atoms with Crippen molar-refractivity contribution in [3.05, 3.63) is 70.1 Å². The molecule has 5 heteroatoms. The molecule has 4 rings (SSSR count). The highest BCUT2D eigenvalue weighted by atomic mass is 35.5. The van der Waals surface area contributed by atoms with Crippen molar-refractivity contribution in [3.8, 4) is 0 Å². The number of aliphatic carboxylic acids is 1. The lowest BCUT2D eigenvalue weighted by Gasteiger charge is -2.39. The van der Waals surface area contributed by atoms with Gasteiger partial charge in [0.05, 0.1) is 6.04 Å². The molecule has 0 radical (unpaired) electrons. The number of piperidine rings is 1. The maximum absolute atomic E-state index is 11.9. The molecule has 134 valence electrons. The van der Waals surface area contributed by atoms with Gasteiger partial charge in [0.1, 0.15) is 6.04 Å². The molecule has 0 amide bonds. The van der Waals surface area contributed by atoms with Crippen molar-refractivity contribution in [1.82, 2.24) is 4.90 Å². The number of carbonyl (C=O) groups is 1. The number of likely N-dealkylation sites (tertiary alicyclic amines) is 1. The Morgan fingerprint density at radius 1 is 1.12 bits per heavy atom. The molecule has 3 aromatic rings. The molecule has 2 aromatic carbocycles. The Bertz CT molecular complexity index is 938. The minimum Gasteiger partial charge on any atom is -0.480 e. The van der Waals surface area contributed by atoms with Gasteiger partial charge in [-0.2, -0.15) is 0 Å². The third-order valence-electron chi connectivity index (χ3n) is 5.17. The van der Waals surface area contributed by atoms with Crippen LogP contribution in [-0.4, -0.2) is 28.6 Å². The molecular weight excluding hydrogens is 366 g/mol. The van der Waals surface area contributed by atoms with Crippen molar-refractivity contribution in [2.45, 2.75) is 31.3 Å². The predicted octanol–water partition coefficient (Wildman–Crippen LogP) is 5.58. The first kappa shape index (κ1) is 17.5. The van der Waals surface area contributed by atoms with Crippen molar-refractivity contribution in [2.75, 3.05) is 6.54 Å². The minimum absolute atomic E-state index is 0.152. The van der Waals surface area contributed by atoms with Crippen LogP contribution in [-0.2, 0) is 4.79 Å². The van der Waals surface area contributed by atoms with Gasteiger partial charge in [-0.1, -0.05) is 54.4 Å². The summed E-state index contributed by atoms with van der Waals surface area (Å²) in [5.74, 6) is -0.749. The zero-order valence-corrected chi connectivity index (χ0v) is 15.8. The van der Waals surface area contributed by atoms with E-state index in [1.54, 1.807) is 11.3 Å². The Labute approximate surface area is 161 Å². The average Bonchev–Trinajstić information content (AvgIpc) is 3.08. The van der Waals surface area contributed by atoms with E-state index in [4.69, 9.17) is 11.6 Å². The maximum Gasteiger partial charge on any atom is 0.320 e. The van der Waals surface area contributed by atoms with Gasteiger partial charge in [-0.05, 0) is 53.4 Å². The lowest BCUT2D eigenvalue weighted by atomic mass is 9.91. The van der Waals surface area contributed by atoms with E-state index in [1.807, 2.05) is 36.4 Å². The first-order chi connectivity index (χ1) is 12.7. The lowest BCUT2D eigenvalue weighted by Crippen LogP contribution is -2.46. The molecule has 26 heavy (non-hydrogen) atoms. The number of fused-ring (bicyclic) bond motifs is 1. The molecule has 0 bridgehead atoms. The van der Waals surface area contributed by atoms with Crippen LogP contribution in [0.5, 0.6) is 0 Å². The normalized spacial score (nSPS) is 19.5. The number of halogens is 1. The molecule has 0 spiro atoms. The van der Waals surface area contributed by atoms with E-state index in [-0.39, 0.29) is 6.04 Å². The molecule has 0 aliphatic carbocycles. The van der Waals surface area contributed by atoms with E-state index in [2.05, 4.69) is 22.4 Å². The summed E-state index contributed by atoms with van der Waals surface area (Å²) < 4.78 is 1.21. The summed E-state index contributed by atoms with van der Waals surface area (Å²) in [4.78, 5) is 14.1. The molecule has 2 heterocycles. The largest absolute Gasteiger partial charge is 0.480 e. The summed E-state index contributed by atoms with van der Waals surface area (Å²) in [7, 11) is 0. The van der Waals surface area contributed by atoms with Gasteiger partial charge in [-0.3, -0.25) is 9.69 Å². The highest BCUT2D eigenvalue weighted by Crippen LogP contribution is 2.41. The first-order valence-corrected chi connectivity index (χ1v) is 10.1. The summed E-state index contributed by atoms with van der Waals surface area (Å²) in [6, 6.07) is 15.5. The van der Waals surface area contributed by atoms with E-state index < -0.39 is 12.0 Å². The average molecular weight is 386 g/mol. The molecule has 0 saturated carbocycles. The zero-order chi connectivity index (χ0) is 18.1. The Balaban J connectivity index is 1.90. The second-order valence-electron chi connectivity index (χ2n) is 6.70. The predicted molar refractivity (Wildman–Crippen MR) is 107 cm³/mol. The summed E-state index contributed by atoms with van der Waals surface area (Å²) in [5, 5.41) is 13.8. The lowest BCUT2D eigenvalue weighted by molar-refractivity contribution is -0.145. The van der Waals surface area contributed by atoms with Gasteiger partial charge in [0.15, 0.2) is 0 Å². The third kappa shape index (κ3) is 3.13. The Morgan fingerprint density at radius 3 is 2.69 bits per heavy atom. The fourth-order valence-corrected chi connectivity index (χ4v) is 5.18. The molecule has 2 atom stereocenters. The van der Waals surface area contributed by atoms with E-state index in [0.29, 0.717) is 11.4 Å². The number of hydrogen-bond acceptors (Lipinski definition) is 3. The fraction of sp³-hybridized carbons (Fsp3) is 0.286. The highest BCUT2D eigenvalue weighted by Gasteiger charge is 2.36. The smallest absolute Gasteiger partial charge is 0.320 e. The van der Waals surface area contributed by atoms with Crippen molar-refractivity contribution >= 4 is 39.0 Å². The van der Waals surface area contributed by atoms with E-state index in [0.717, 1.165) is 30.5 Å². The van der Waals surface area contributed by atoms with Crippen LogP contribution < -0.4 is 0 Å². The van der Waals surface area contributed by atoms with Crippen LogP contribution >= 0.6 is 22.9 Å². The number of carboxylic acid groups (broad SMARTS) is 1. The van der Waals surface area contributed by atoms with Gasteiger partial charge in [0.2, 0.25) is 0 Å². The third-order valence-corrected chi connectivity index (χ3v) is 6.49. The molecule has 1 N–H and O–H groups in total. The Morgan fingerprint density at radius 2 is 1.88 bits per heavy atom. The number of benzene rings is 2. The highest BCUT2D eigenvalue weighted by molar-refractivity contribution is 7.17. The second-order valence-corrected chi connectivity index (χ2v) is 8.02. The maximum atomic E-state index is 11.9. The summed E-state index contributed by atoms with van der Waals surface area (Å²) in [5.41, 5.74) is 2.12. The van der Waals surface area contributed by atoms with Crippen LogP contribution in [0.15, 0.2) is 53.9 Å². The number of nitrogens with zero attached hydrogens (tertiary/aromatic N) is 1. The quantitative estimate of drug-likeness (QED) is 0.637. The van der Waals surface area contributed by atoms with Crippen LogP contribution in [0.25, 0.3) is 10.1 Å². The van der Waals surface area contributed by atoms with Gasteiger partial charge < -0.3 is 5.11 Å². The molecule has 1 aliphatic heterocycles. The molecule has 1 aliphatic rings. The number of thiophene rings is 1. The van der Waals surface area contributed by atoms with Gasteiger partial charge in [-0.25, -0.2) is 0 Å². The second kappa shape index (κ2) is 7.39. The van der Waals surface area contributed by atoms with Crippen molar-refractivity contribution in [2.24, 2.45) is 0 Å². The molecule has 1 fully saturated rings. The molecule has 1 aromatic heterocycles. The van der Waals surface area contributed by atoms with Crippen LogP contribution in [0.1, 0.15) is 36.4 Å². The minimum atomic E-state index is -0.749. The molecule has 1 saturated heterocycles. The van der Waals surface area contributed by atoms with Crippen molar-refractivity contribution < 1.29 is 9.90 Å². The van der Waals surface area contributed by atoms with E-state index >= 15 is 0 Å². The number of carboxylic acids is 1. The van der Waals surface area contributed by atoms with Crippen LogP contribution in [0, 0.1) is 0 Å². The van der Waals surface area contributed by atoms with Crippen molar-refractivity contribution in [1.29, 1.82) is 0 Å². The Hall–Kier alpha value is -1.88. The molecular formula is C21H20ClNO2S. The van der Waals surface area contributed by atoms with Crippen LogP contribution in [0.3, 0.4) is 0 Å². The summed E-state index contributed by atoms with van der Waals surface area (Å²) in [6.07, 6.45) is 2.64. The van der Waals surface area contributed by atoms with Gasteiger partial charge in [0.25, 0.3) is 0 Å². The standard InChI is InChI=1S/C21H20ClNO2S/c22-17-9-3-1-8-15(17)20(23-12-6-5-10-18(23)21(24)25)16-13-26-19-11-4-2-7-14(16)19/h1-4,7-9,11,13,18,20H,5-6,10,12H2,(H,24,25). The van der Waals surface area contributed by atoms with E-state index in [9.17, 15) is 9.90 Å². The number of rotatable bonds is 4. The van der Waals surface area contributed by atoms with Gasteiger partial charge in [0, 0.05) is 9.72 Å². The molecule has 2 unspecified atom stereocenters. The van der Waals surface area contributed by atoms with Crippen LogP contribution in [0.2, 0.25) is 5.02 Å². The van der Waals surface area contributed by atoms with Gasteiger partial charge >= 0.3 is 5.97 Å². The zero-order valence-electron chi connectivity index (χ0n) is 14.3. The SMILES string of the molecule is O=C(O)C1CCCCN1C(c1ccccc1Cl)c1csc2ccccc12. The summed E-state index contributed by atoms with van der Waals surface area (Å²) in [6.45, 7) is 0.761. The topological polar surface area (TPSA) is 40.5 Å². The first-order valence-electron chi connectivity index (χ1n) is 8.86. The van der Waals surface area contributed by atoms with Crippen LogP contribution in [0.4, 0.5) is 0 Å². The van der Waals surface area contributed by atoms with Gasteiger partial charge in [-0.15, -0.1) is 11.3 Å². The fourth-order valence-electron chi connectivity index (χ4n) is 3.96. The number of hydrogen-bond donors (Lipinski definition) is 1.